The smallest absolute Gasteiger partial charge is 0.0785 e. The van der Waals surface area contributed by atoms with Crippen molar-refractivity contribution in [1.29, 1.82) is 0 Å². The minimum atomic E-state index is -1.33. The highest BCUT2D eigenvalue weighted by molar-refractivity contribution is 7.44. The molecule has 2 aromatic carbocycles. The van der Waals surface area contributed by atoms with Gasteiger partial charge in [-0.25, -0.2) is 0 Å². The van der Waals surface area contributed by atoms with Crippen molar-refractivity contribution in [3.63, 3.8) is 0 Å². The highest BCUT2D eigenvalue weighted by Crippen LogP contribution is 2.42. The van der Waals surface area contributed by atoms with Crippen LogP contribution in [-0.4, -0.2) is 13.4 Å². The van der Waals surface area contributed by atoms with E-state index in [2.05, 4.69) is 86.4 Å². The molecular weight excluding hydrogens is 287 g/mol. The van der Waals surface area contributed by atoms with Gasteiger partial charge in [-0.15, -0.1) is 0 Å². The topological polar surface area (TPSA) is 0 Å². The number of hydrogen-bond donors (Lipinski definition) is 0. The molecule has 3 rings (SSSR count). The van der Waals surface area contributed by atoms with Crippen LogP contribution in [0.5, 0.6) is 0 Å². The molecule has 2 heteroatoms. The summed E-state index contributed by atoms with van der Waals surface area (Å²) >= 11 is 0. The van der Waals surface area contributed by atoms with Gasteiger partial charge in [-0.1, -0.05) is 99.8 Å². The van der Waals surface area contributed by atoms with E-state index in [0.29, 0.717) is 5.66 Å². The summed E-state index contributed by atoms with van der Waals surface area (Å²) in [4.78, 5) is 0. The summed E-state index contributed by atoms with van der Waals surface area (Å²) in [6.07, 6.45) is 2.53. The molecule has 1 heterocycles. The first-order valence-corrected chi connectivity index (χ1v) is 11.9. The van der Waals surface area contributed by atoms with Crippen LogP contribution >= 0.6 is 8.20 Å². The normalized spacial score (nSPS) is 19.1. The molecule has 0 bridgehead atoms. The molecule has 0 aromatic heterocycles. The summed E-state index contributed by atoms with van der Waals surface area (Å²) < 4.78 is 0. The Bertz CT molecular complexity index is 679. The molecule has 21 heavy (non-hydrogen) atoms. The van der Waals surface area contributed by atoms with E-state index < -0.39 is 8.07 Å². The molecule has 0 fully saturated rings. The molecule has 0 spiro atoms. The Morgan fingerprint density at radius 1 is 0.810 bits per heavy atom. The molecule has 1 unspecified atom stereocenters. The first-order valence-electron chi connectivity index (χ1n) is 7.46. The second kappa shape index (κ2) is 5.75. The van der Waals surface area contributed by atoms with Gasteiger partial charge in [0.15, 0.2) is 0 Å². The standard InChI is InChI=1S/C19H21PSi/c1-21(2,3)18-14-17(15-10-6-4-7-11-15)20-19(18)16-12-8-5-9-13-16/h4-14,17H,1-3H3. The maximum atomic E-state index is 2.53. The van der Waals surface area contributed by atoms with Crippen molar-refractivity contribution < 1.29 is 0 Å². The van der Waals surface area contributed by atoms with Crippen LogP contribution in [-0.2, 0) is 0 Å². The molecule has 1 aliphatic rings. The highest BCUT2D eigenvalue weighted by Gasteiger charge is 2.29. The summed E-state index contributed by atoms with van der Waals surface area (Å²) in [5, 5.41) is 3.17. The minimum absolute atomic E-state index is 0.517. The van der Waals surface area contributed by atoms with Crippen LogP contribution in [0.4, 0.5) is 0 Å². The van der Waals surface area contributed by atoms with Crippen molar-refractivity contribution in [2.24, 2.45) is 0 Å². The fourth-order valence-corrected chi connectivity index (χ4v) is 6.93. The molecule has 0 aliphatic carbocycles. The summed E-state index contributed by atoms with van der Waals surface area (Å²) in [5.74, 6) is 0. The van der Waals surface area contributed by atoms with Crippen LogP contribution in [0.15, 0.2) is 71.9 Å². The van der Waals surface area contributed by atoms with E-state index in [-0.39, 0.29) is 0 Å². The fraction of sp³-hybridized carbons (Fsp3) is 0.211. The predicted octanol–water partition coefficient (Wildman–Crippen LogP) is 5.71. The van der Waals surface area contributed by atoms with Crippen molar-refractivity contribution >= 4 is 21.6 Å². The van der Waals surface area contributed by atoms with Gasteiger partial charge in [0.1, 0.15) is 0 Å². The lowest BCUT2D eigenvalue weighted by molar-refractivity contribution is 1.23. The molecule has 1 atom stereocenters. The second-order valence-electron chi connectivity index (χ2n) is 6.53. The van der Waals surface area contributed by atoms with Crippen LogP contribution < -0.4 is 0 Å². The van der Waals surface area contributed by atoms with E-state index in [0.717, 1.165) is 0 Å². The van der Waals surface area contributed by atoms with Gasteiger partial charge in [-0.3, -0.25) is 0 Å². The van der Waals surface area contributed by atoms with Gasteiger partial charge >= 0.3 is 0 Å². The zero-order chi connectivity index (χ0) is 14.9. The van der Waals surface area contributed by atoms with Crippen LogP contribution in [0, 0.1) is 0 Å². The van der Waals surface area contributed by atoms with E-state index in [1.165, 1.54) is 19.3 Å². The van der Waals surface area contributed by atoms with Gasteiger partial charge < -0.3 is 0 Å². The van der Waals surface area contributed by atoms with Crippen molar-refractivity contribution in [2.45, 2.75) is 25.3 Å². The SMILES string of the molecule is C[Si](C)(C)C1=CC(c2ccccc2)P=C1c1ccccc1. The van der Waals surface area contributed by atoms with Crippen LogP contribution in [0.3, 0.4) is 0 Å². The van der Waals surface area contributed by atoms with Crippen molar-refractivity contribution in [2.75, 3.05) is 0 Å². The molecule has 0 amide bonds. The molecule has 2 aromatic rings. The molecule has 0 N–H and O–H groups in total. The fourth-order valence-electron chi connectivity index (χ4n) is 2.73. The van der Waals surface area contributed by atoms with Gasteiger partial charge in [0.25, 0.3) is 0 Å². The third kappa shape index (κ3) is 3.10. The van der Waals surface area contributed by atoms with E-state index >= 15 is 0 Å². The average Bonchev–Trinajstić information content (AvgIpc) is 2.94. The van der Waals surface area contributed by atoms with Crippen molar-refractivity contribution in [3.05, 3.63) is 83.1 Å². The molecule has 0 saturated heterocycles. The van der Waals surface area contributed by atoms with Crippen LogP contribution in [0.2, 0.25) is 19.6 Å². The Balaban J connectivity index is 2.07. The summed E-state index contributed by atoms with van der Waals surface area (Å²) in [7, 11) is 0.107. The Hall–Kier alpha value is -1.43. The molecule has 1 aliphatic heterocycles. The molecule has 0 radical (unpaired) electrons. The maximum Gasteiger partial charge on any atom is 0.0785 e. The lowest BCUT2D eigenvalue weighted by atomic mass is 10.1. The quantitative estimate of drug-likeness (QED) is 0.503. The number of rotatable bonds is 3. The number of benzene rings is 2. The van der Waals surface area contributed by atoms with Gasteiger partial charge in [0.2, 0.25) is 0 Å². The lowest BCUT2D eigenvalue weighted by Gasteiger charge is -2.21. The first kappa shape index (κ1) is 14.5. The molecule has 106 valence electrons. The lowest BCUT2D eigenvalue weighted by Crippen LogP contribution is -2.28. The monoisotopic (exact) mass is 308 g/mol. The maximum absolute atomic E-state index is 2.53. The van der Waals surface area contributed by atoms with E-state index in [1.54, 1.807) is 10.5 Å². The van der Waals surface area contributed by atoms with E-state index in [9.17, 15) is 0 Å². The molecule has 0 saturated carbocycles. The van der Waals surface area contributed by atoms with Crippen LogP contribution in [0.25, 0.3) is 0 Å². The highest BCUT2D eigenvalue weighted by atomic mass is 31.1. The molecule has 0 nitrogen and oxygen atoms in total. The van der Waals surface area contributed by atoms with Crippen molar-refractivity contribution in [1.82, 2.24) is 0 Å². The average molecular weight is 308 g/mol. The zero-order valence-corrected chi connectivity index (χ0v) is 14.8. The largest absolute Gasteiger partial charge is 0.0835 e. The minimum Gasteiger partial charge on any atom is -0.0835 e. The summed E-state index contributed by atoms with van der Waals surface area (Å²) in [5.41, 5.74) is 3.34. The number of hydrogen-bond acceptors (Lipinski definition) is 0. The molecular formula is C19H21PSi. The zero-order valence-electron chi connectivity index (χ0n) is 12.9. The summed E-state index contributed by atoms with van der Waals surface area (Å²) in [6, 6.07) is 21.8. The third-order valence-corrected chi connectivity index (χ3v) is 7.57. The van der Waals surface area contributed by atoms with E-state index in [4.69, 9.17) is 0 Å². The van der Waals surface area contributed by atoms with Gasteiger partial charge in [-0.2, -0.15) is 0 Å². The Morgan fingerprint density at radius 3 is 1.95 bits per heavy atom. The second-order valence-corrected chi connectivity index (χ2v) is 12.8. The Kier molecular flexibility index (Phi) is 3.97. The summed E-state index contributed by atoms with van der Waals surface area (Å²) in [6.45, 7) is 7.35. The van der Waals surface area contributed by atoms with E-state index in [1.807, 2.05) is 0 Å². The first-order chi connectivity index (χ1) is 10.1. The Labute approximate surface area is 130 Å². The number of allylic oxidation sites excluding steroid dienone is 2. The van der Waals surface area contributed by atoms with Crippen LogP contribution in [0.1, 0.15) is 16.8 Å². The van der Waals surface area contributed by atoms with Crippen molar-refractivity contribution in [3.8, 4) is 0 Å². The predicted molar refractivity (Wildman–Crippen MR) is 98.1 cm³/mol. The van der Waals surface area contributed by atoms with Gasteiger partial charge in [0, 0.05) is 11.0 Å². The third-order valence-electron chi connectivity index (χ3n) is 3.84. The van der Waals surface area contributed by atoms with Gasteiger partial charge in [-0.05, 0) is 11.1 Å². The van der Waals surface area contributed by atoms with Gasteiger partial charge in [0.05, 0.1) is 8.07 Å². The Morgan fingerprint density at radius 2 is 1.38 bits per heavy atom.